The first kappa shape index (κ1) is 18.7. The zero-order valence-corrected chi connectivity index (χ0v) is 16.4. The van der Waals surface area contributed by atoms with E-state index in [4.69, 9.17) is 4.74 Å². The SMILES string of the molecule is CC(=O)Nc1cccc(OCC(=O)Nc2cccc(-c3cn4ccsc4n3)c2)c1. The third kappa shape index (κ3) is 4.61. The molecule has 8 heteroatoms. The number of rotatable bonds is 6. The minimum atomic E-state index is -0.280. The van der Waals surface area contributed by atoms with Crippen LogP contribution in [0.15, 0.2) is 66.3 Å². The lowest BCUT2D eigenvalue weighted by Crippen LogP contribution is -2.20. The number of anilines is 2. The minimum absolute atomic E-state index is 0.145. The molecule has 4 aromatic rings. The zero-order valence-electron chi connectivity index (χ0n) is 15.6. The van der Waals surface area contributed by atoms with Gasteiger partial charge in [-0.05, 0) is 24.3 Å². The number of aromatic nitrogens is 2. The maximum atomic E-state index is 12.3. The highest BCUT2D eigenvalue weighted by Gasteiger charge is 2.08. The Morgan fingerprint density at radius 2 is 1.90 bits per heavy atom. The van der Waals surface area contributed by atoms with Crippen molar-refractivity contribution in [2.24, 2.45) is 0 Å². The number of carbonyl (C=O) groups is 2. The molecule has 0 spiro atoms. The van der Waals surface area contributed by atoms with Crippen LogP contribution in [0.25, 0.3) is 16.2 Å². The van der Waals surface area contributed by atoms with Gasteiger partial charge in [-0.15, -0.1) is 11.3 Å². The summed E-state index contributed by atoms with van der Waals surface area (Å²) < 4.78 is 7.50. The zero-order chi connectivity index (χ0) is 20.2. The van der Waals surface area contributed by atoms with E-state index in [9.17, 15) is 9.59 Å². The highest BCUT2D eigenvalue weighted by Crippen LogP contribution is 2.24. The second kappa shape index (κ2) is 8.15. The van der Waals surface area contributed by atoms with Crippen molar-refractivity contribution < 1.29 is 14.3 Å². The molecule has 7 nitrogen and oxygen atoms in total. The first-order valence-corrected chi connectivity index (χ1v) is 9.78. The molecule has 0 saturated carbocycles. The summed E-state index contributed by atoms with van der Waals surface area (Å²) in [5.41, 5.74) is 3.05. The number of nitrogens with one attached hydrogen (secondary N) is 2. The van der Waals surface area contributed by atoms with Gasteiger partial charge in [0.05, 0.1) is 5.69 Å². The van der Waals surface area contributed by atoms with E-state index in [2.05, 4.69) is 15.6 Å². The Hall–Kier alpha value is -3.65. The summed E-state index contributed by atoms with van der Waals surface area (Å²) in [6.07, 6.45) is 3.92. The van der Waals surface area contributed by atoms with Crippen LogP contribution < -0.4 is 15.4 Å². The van der Waals surface area contributed by atoms with E-state index in [1.165, 1.54) is 6.92 Å². The first-order valence-electron chi connectivity index (χ1n) is 8.90. The summed E-state index contributed by atoms with van der Waals surface area (Å²) >= 11 is 1.57. The fourth-order valence-corrected chi connectivity index (χ4v) is 3.54. The largest absolute Gasteiger partial charge is 0.484 e. The average molecular weight is 406 g/mol. The van der Waals surface area contributed by atoms with E-state index in [-0.39, 0.29) is 18.4 Å². The normalized spacial score (nSPS) is 10.7. The van der Waals surface area contributed by atoms with E-state index >= 15 is 0 Å². The molecule has 0 aliphatic carbocycles. The van der Waals surface area contributed by atoms with Gasteiger partial charge < -0.3 is 15.4 Å². The average Bonchev–Trinajstić information content (AvgIpc) is 3.29. The van der Waals surface area contributed by atoms with E-state index < -0.39 is 0 Å². The number of thiazole rings is 1. The number of amides is 2. The second-order valence-corrected chi connectivity index (χ2v) is 7.22. The Bertz CT molecular complexity index is 1150. The molecule has 0 aliphatic heterocycles. The lowest BCUT2D eigenvalue weighted by atomic mass is 10.1. The predicted molar refractivity (Wildman–Crippen MR) is 113 cm³/mol. The molecule has 2 aromatic carbocycles. The number of hydrogen-bond acceptors (Lipinski definition) is 5. The van der Waals surface area contributed by atoms with Gasteiger partial charge in [0, 0.05) is 47.7 Å². The van der Waals surface area contributed by atoms with Crippen molar-refractivity contribution in [3.8, 4) is 17.0 Å². The van der Waals surface area contributed by atoms with Crippen molar-refractivity contribution >= 4 is 39.5 Å². The number of carbonyl (C=O) groups excluding carboxylic acids is 2. The monoisotopic (exact) mass is 406 g/mol. The van der Waals surface area contributed by atoms with Crippen molar-refractivity contribution in [1.82, 2.24) is 9.38 Å². The van der Waals surface area contributed by atoms with Gasteiger partial charge in [-0.3, -0.25) is 14.0 Å². The van der Waals surface area contributed by atoms with E-state index in [1.54, 1.807) is 35.6 Å². The molecule has 2 aromatic heterocycles. The summed E-state index contributed by atoms with van der Waals surface area (Å²) in [6.45, 7) is 1.29. The lowest BCUT2D eigenvalue weighted by molar-refractivity contribution is -0.118. The Morgan fingerprint density at radius 3 is 2.69 bits per heavy atom. The highest BCUT2D eigenvalue weighted by atomic mass is 32.1. The molecule has 0 bridgehead atoms. The van der Waals surface area contributed by atoms with Crippen LogP contribution in [0.5, 0.6) is 5.75 Å². The van der Waals surface area contributed by atoms with Gasteiger partial charge in [0.15, 0.2) is 11.6 Å². The maximum absolute atomic E-state index is 12.3. The molecule has 2 amide bonds. The van der Waals surface area contributed by atoms with Gasteiger partial charge in [-0.25, -0.2) is 4.98 Å². The molecule has 0 fully saturated rings. The summed E-state index contributed by atoms with van der Waals surface area (Å²) in [4.78, 5) is 28.9. The topological polar surface area (TPSA) is 84.7 Å². The molecule has 0 saturated heterocycles. The van der Waals surface area contributed by atoms with E-state index in [0.717, 1.165) is 16.2 Å². The lowest BCUT2D eigenvalue weighted by Gasteiger charge is -2.09. The van der Waals surface area contributed by atoms with Gasteiger partial charge >= 0.3 is 0 Å². The number of imidazole rings is 1. The molecular weight excluding hydrogens is 388 g/mol. The number of fused-ring (bicyclic) bond motifs is 1. The molecule has 4 rings (SSSR count). The van der Waals surface area contributed by atoms with E-state index in [1.807, 2.05) is 46.4 Å². The Labute approximate surface area is 171 Å². The Kier molecular flexibility index (Phi) is 5.26. The fourth-order valence-electron chi connectivity index (χ4n) is 2.84. The van der Waals surface area contributed by atoms with Crippen LogP contribution in [0.2, 0.25) is 0 Å². The van der Waals surface area contributed by atoms with Crippen LogP contribution in [0.1, 0.15) is 6.92 Å². The van der Waals surface area contributed by atoms with Crippen molar-refractivity contribution in [2.45, 2.75) is 6.92 Å². The summed E-state index contributed by atoms with van der Waals surface area (Å²) in [7, 11) is 0. The van der Waals surface area contributed by atoms with Gasteiger partial charge in [-0.2, -0.15) is 0 Å². The Balaban J connectivity index is 1.38. The maximum Gasteiger partial charge on any atom is 0.262 e. The number of hydrogen-bond donors (Lipinski definition) is 2. The molecule has 146 valence electrons. The van der Waals surface area contributed by atoms with Gasteiger partial charge in [-0.1, -0.05) is 18.2 Å². The number of benzene rings is 2. The van der Waals surface area contributed by atoms with Crippen LogP contribution in [-0.2, 0) is 9.59 Å². The van der Waals surface area contributed by atoms with Crippen molar-refractivity contribution in [2.75, 3.05) is 17.2 Å². The van der Waals surface area contributed by atoms with Crippen LogP contribution in [0.3, 0.4) is 0 Å². The molecule has 0 atom stereocenters. The molecule has 2 N–H and O–H groups in total. The summed E-state index contributed by atoms with van der Waals surface area (Å²) in [6, 6.07) is 14.4. The third-order valence-electron chi connectivity index (χ3n) is 4.06. The molecule has 2 heterocycles. The Morgan fingerprint density at radius 1 is 1.10 bits per heavy atom. The van der Waals surface area contributed by atoms with Crippen molar-refractivity contribution in [3.05, 3.63) is 66.3 Å². The van der Waals surface area contributed by atoms with Gasteiger partial charge in [0.2, 0.25) is 5.91 Å². The smallest absolute Gasteiger partial charge is 0.262 e. The number of nitrogens with zero attached hydrogens (tertiary/aromatic N) is 2. The predicted octanol–water partition coefficient (Wildman–Crippen LogP) is 4.04. The summed E-state index contributed by atoms with van der Waals surface area (Å²) in [5, 5.41) is 7.49. The molecule has 29 heavy (non-hydrogen) atoms. The minimum Gasteiger partial charge on any atom is -0.484 e. The van der Waals surface area contributed by atoms with Gasteiger partial charge in [0.1, 0.15) is 5.75 Å². The molecule has 0 radical (unpaired) electrons. The van der Waals surface area contributed by atoms with E-state index in [0.29, 0.717) is 17.1 Å². The van der Waals surface area contributed by atoms with Crippen molar-refractivity contribution in [1.29, 1.82) is 0 Å². The van der Waals surface area contributed by atoms with Crippen LogP contribution in [0.4, 0.5) is 11.4 Å². The standard InChI is InChI=1S/C21H18N4O3S/c1-14(26)22-17-6-3-7-18(11-17)28-13-20(27)23-16-5-2-4-15(10-16)19-12-25-8-9-29-21(25)24-19/h2-12H,13H2,1H3,(H,22,26)(H,23,27). The van der Waals surface area contributed by atoms with Crippen LogP contribution >= 0.6 is 11.3 Å². The van der Waals surface area contributed by atoms with Crippen LogP contribution in [-0.4, -0.2) is 27.8 Å². The number of ether oxygens (including phenoxy) is 1. The molecule has 0 aliphatic rings. The molecular formula is C21H18N4O3S. The summed E-state index contributed by atoms with van der Waals surface area (Å²) in [5.74, 6) is 0.0495. The first-order chi connectivity index (χ1) is 14.1. The molecule has 0 unspecified atom stereocenters. The van der Waals surface area contributed by atoms with Crippen molar-refractivity contribution in [3.63, 3.8) is 0 Å². The third-order valence-corrected chi connectivity index (χ3v) is 4.83. The second-order valence-electron chi connectivity index (χ2n) is 6.35. The fraction of sp³-hybridized carbons (Fsp3) is 0.0952. The quantitative estimate of drug-likeness (QED) is 0.506. The highest BCUT2D eigenvalue weighted by molar-refractivity contribution is 7.15. The van der Waals surface area contributed by atoms with Crippen LogP contribution in [0, 0.1) is 0 Å². The van der Waals surface area contributed by atoms with Gasteiger partial charge in [0.25, 0.3) is 5.91 Å².